The van der Waals surface area contributed by atoms with Crippen LogP contribution in [0.3, 0.4) is 0 Å². The third-order valence-corrected chi connectivity index (χ3v) is 6.58. The van der Waals surface area contributed by atoms with E-state index in [1.807, 2.05) is 0 Å². The summed E-state index contributed by atoms with van der Waals surface area (Å²) >= 11 is 0.803. The molecule has 1 aliphatic heterocycles. The summed E-state index contributed by atoms with van der Waals surface area (Å²) in [6.45, 7) is -0.173. The first-order chi connectivity index (χ1) is 16.0. The molecule has 0 bridgehead atoms. The smallest absolute Gasteiger partial charge is 0.389 e. The van der Waals surface area contributed by atoms with Crippen molar-refractivity contribution in [2.75, 3.05) is 17.7 Å². The lowest BCUT2D eigenvalue weighted by molar-refractivity contribution is -0.143. The number of aromatic nitrogens is 5. The van der Waals surface area contributed by atoms with Crippen LogP contribution in [0.4, 0.5) is 28.3 Å². The zero-order valence-corrected chi connectivity index (χ0v) is 19.1. The van der Waals surface area contributed by atoms with Crippen LogP contribution in [-0.4, -0.2) is 48.5 Å². The summed E-state index contributed by atoms with van der Waals surface area (Å²) in [6, 6.07) is -0.637. The van der Waals surface area contributed by atoms with Crippen molar-refractivity contribution in [1.82, 2.24) is 24.5 Å². The predicted octanol–water partition coefficient (Wildman–Crippen LogP) is 2.50. The van der Waals surface area contributed by atoms with Crippen molar-refractivity contribution in [3.8, 4) is 10.6 Å². The van der Waals surface area contributed by atoms with Gasteiger partial charge in [0.25, 0.3) is 0 Å². The summed E-state index contributed by atoms with van der Waals surface area (Å²) in [5.74, 6) is 0. The monoisotopic (exact) mass is 504 g/mol. The summed E-state index contributed by atoms with van der Waals surface area (Å²) in [7, 11) is 2.85. The number of nitrogens with one attached hydrogen (secondary N) is 1. The molecule has 1 unspecified atom stereocenters. The highest BCUT2D eigenvalue weighted by molar-refractivity contribution is 7.19. The molecule has 0 radical (unpaired) electrons. The van der Waals surface area contributed by atoms with Crippen LogP contribution in [0.5, 0.6) is 0 Å². The normalized spacial score (nSPS) is 22.5. The summed E-state index contributed by atoms with van der Waals surface area (Å²) in [6.07, 6.45) is -4.58. The molecule has 15 heteroatoms. The molecule has 10 nitrogen and oxygen atoms in total. The molecule has 34 heavy (non-hydrogen) atoms. The number of nitrogen functional groups attached to an aromatic ring is 1. The lowest BCUT2D eigenvalue weighted by atomic mass is 10.0. The van der Waals surface area contributed by atoms with Crippen molar-refractivity contribution in [1.29, 1.82) is 0 Å². The van der Waals surface area contributed by atoms with Crippen LogP contribution in [0, 0.1) is 0 Å². The zero-order chi connectivity index (χ0) is 24.8. The third kappa shape index (κ3) is 4.60. The minimum atomic E-state index is -4.65. The van der Waals surface area contributed by atoms with Gasteiger partial charge in [0.1, 0.15) is 28.0 Å². The number of halogens is 4. The highest BCUT2D eigenvalue weighted by atomic mass is 32.1. The quantitative estimate of drug-likeness (QED) is 0.307. The molecule has 0 amide bonds. The minimum absolute atomic E-state index is 0.0322. The Balaban J connectivity index is 1.59. The number of thiazole rings is 1. The van der Waals surface area contributed by atoms with E-state index in [0.29, 0.717) is 28.9 Å². The van der Waals surface area contributed by atoms with E-state index in [2.05, 4.69) is 20.5 Å². The molecule has 3 aromatic rings. The van der Waals surface area contributed by atoms with Gasteiger partial charge in [0.15, 0.2) is 11.9 Å². The van der Waals surface area contributed by atoms with Crippen molar-refractivity contribution < 1.29 is 27.4 Å². The number of nitrogens with two attached hydrogens (primary N) is 2. The van der Waals surface area contributed by atoms with Crippen LogP contribution in [-0.2, 0) is 25.0 Å². The molecule has 4 heterocycles. The van der Waals surface area contributed by atoms with E-state index in [0.717, 1.165) is 17.5 Å². The number of aliphatic hydroxyl groups excluding tert-OH is 1. The Morgan fingerprint density at radius 1 is 1.24 bits per heavy atom. The standard InChI is InChI=1S/C19H24F4N8O2S/c1-30-14(12-4-3-10(24)9(20)7-33-12)11(6-27-30)28-17(32)13-16(25)34-18(29-13)8-5-26-31(2)15(8)19(21,22)23/h5-6,9-10,12,17,28,32H,3-4,7,24-25H2,1-2H3/t9-,10-,12+,17?/m1/s1. The van der Waals surface area contributed by atoms with Crippen molar-refractivity contribution in [2.24, 2.45) is 19.8 Å². The molecule has 4 rings (SSSR count). The molecule has 0 aliphatic carbocycles. The van der Waals surface area contributed by atoms with Gasteiger partial charge in [0.05, 0.1) is 35.9 Å². The fourth-order valence-electron chi connectivity index (χ4n) is 3.90. The number of hydrogen-bond donors (Lipinski definition) is 4. The molecule has 1 saturated heterocycles. The van der Waals surface area contributed by atoms with Gasteiger partial charge in [-0.05, 0) is 12.8 Å². The number of aryl methyl sites for hydroxylation is 2. The van der Waals surface area contributed by atoms with E-state index in [4.69, 9.17) is 16.2 Å². The topological polar surface area (TPSA) is 142 Å². The molecule has 0 spiro atoms. The Morgan fingerprint density at radius 2 is 1.94 bits per heavy atom. The summed E-state index contributed by atoms with van der Waals surface area (Å²) < 4.78 is 62.2. The molecule has 6 N–H and O–H groups in total. The average Bonchev–Trinajstić information content (AvgIpc) is 3.41. The van der Waals surface area contributed by atoms with Crippen LogP contribution in [0.1, 0.15) is 42.3 Å². The van der Waals surface area contributed by atoms with Crippen LogP contribution in [0.2, 0.25) is 0 Å². The first-order valence-corrected chi connectivity index (χ1v) is 11.1. The fraction of sp³-hybridized carbons (Fsp3) is 0.526. The van der Waals surface area contributed by atoms with Crippen LogP contribution in [0.15, 0.2) is 12.4 Å². The Hall–Kier alpha value is -2.75. The van der Waals surface area contributed by atoms with Gasteiger partial charge in [-0.25, -0.2) is 9.37 Å². The second kappa shape index (κ2) is 9.13. The van der Waals surface area contributed by atoms with E-state index < -0.39 is 36.4 Å². The first kappa shape index (κ1) is 24.4. The molecule has 0 saturated carbocycles. The maximum absolute atomic E-state index is 13.9. The highest BCUT2D eigenvalue weighted by Crippen LogP contribution is 2.41. The van der Waals surface area contributed by atoms with E-state index in [9.17, 15) is 22.7 Å². The lowest BCUT2D eigenvalue weighted by Gasteiger charge is -2.19. The number of aliphatic hydroxyl groups is 1. The molecular weight excluding hydrogens is 480 g/mol. The molecule has 1 fully saturated rings. The largest absolute Gasteiger partial charge is 0.433 e. The van der Waals surface area contributed by atoms with Gasteiger partial charge in [-0.2, -0.15) is 23.4 Å². The lowest BCUT2D eigenvalue weighted by Crippen LogP contribution is -2.32. The Labute approximate surface area is 195 Å². The molecule has 186 valence electrons. The van der Waals surface area contributed by atoms with Crippen LogP contribution in [0.25, 0.3) is 10.6 Å². The first-order valence-electron chi connectivity index (χ1n) is 10.3. The summed E-state index contributed by atoms with van der Waals surface area (Å²) in [5, 5.41) is 21.5. The molecule has 1 aliphatic rings. The number of hydrogen-bond acceptors (Lipinski definition) is 9. The number of rotatable bonds is 5. The summed E-state index contributed by atoms with van der Waals surface area (Å²) in [4.78, 5) is 4.15. The van der Waals surface area contributed by atoms with E-state index in [1.54, 1.807) is 7.05 Å². The number of anilines is 2. The van der Waals surface area contributed by atoms with Crippen molar-refractivity contribution in [3.05, 3.63) is 29.5 Å². The van der Waals surface area contributed by atoms with E-state index >= 15 is 0 Å². The van der Waals surface area contributed by atoms with Gasteiger partial charge >= 0.3 is 6.18 Å². The molecular formula is C19H24F4N8O2S. The average molecular weight is 505 g/mol. The maximum atomic E-state index is 13.9. The van der Waals surface area contributed by atoms with Crippen LogP contribution < -0.4 is 16.8 Å². The number of nitrogens with zero attached hydrogens (tertiary/aromatic N) is 5. The van der Waals surface area contributed by atoms with E-state index in [-0.39, 0.29) is 27.9 Å². The predicted molar refractivity (Wildman–Crippen MR) is 116 cm³/mol. The van der Waals surface area contributed by atoms with E-state index in [1.165, 1.54) is 17.9 Å². The van der Waals surface area contributed by atoms with Gasteiger partial charge in [0.2, 0.25) is 0 Å². The second-order valence-electron chi connectivity index (χ2n) is 7.99. The summed E-state index contributed by atoms with van der Waals surface area (Å²) in [5.41, 5.74) is 11.5. The molecule has 3 aromatic heterocycles. The maximum Gasteiger partial charge on any atom is 0.433 e. The van der Waals surface area contributed by atoms with Gasteiger partial charge < -0.3 is 26.6 Å². The van der Waals surface area contributed by atoms with Crippen LogP contribution >= 0.6 is 11.3 Å². The van der Waals surface area contributed by atoms with Crippen molar-refractivity contribution in [2.45, 2.75) is 43.6 Å². The van der Waals surface area contributed by atoms with Gasteiger partial charge in [0, 0.05) is 20.1 Å². The number of ether oxygens (including phenoxy) is 1. The minimum Gasteiger partial charge on any atom is -0.389 e. The van der Waals surface area contributed by atoms with Gasteiger partial charge in [-0.15, -0.1) is 0 Å². The molecule has 4 atom stereocenters. The van der Waals surface area contributed by atoms with Gasteiger partial charge in [-0.1, -0.05) is 11.3 Å². The Morgan fingerprint density at radius 3 is 2.65 bits per heavy atom. The number of alkyl halides is 4. The third-order valence-electron chi connectivity index (χ3n) is 5.64. The Kier molecular flexibility index (Phi) is 6.54. The zero-order valence-electron chi connectivity index (χ0n) is 18.3. The van der Waals surface area contributed by atoms with Crippen molar-refractivity contribution >= 4 is 22.0 Å². The van der Waals surface area contributed by atoms with Gasteiger partial charge in [-0.3, -0.25) is 9.36 Å². The molecule has 0 aromatic carbocycles. The Bertz CT molecular complexity index is 1150. The second-order valence-corrected chi connectivity index (χ2v) is 9.02. The highest BCUT2D eigenvalue weighted by Gasteiger charge is 2.39. The van der Waals surface area contributed by atoms with Crippen molar-refractivity contribution in [3.63, 3.8) is 0 Å². The fourth-order valence-corrected chi connectivity index (χ4v) is 4.77. The SMILES string of the molecule is Cn1ncc(NC(O)c2nc(-c3cnn(C)c3C(F)(F)F)sc2N)c1[C@@H]1CC[C@@H](N)[C@H](F)CO1.